The highest BCUT2D eigenvalue weighted by Crippen LogP contribution is 2.54. The second-order valence-electron chi connectivity index (χ2n) is 5.72. The van der Waals surface area contributed by atoms with Gasteiger partial charge in [-0.2, -0.15) is 0 Å². The van der Waals surface area contributed by atoms with Crippen LogP contribution in [0.4, 0.5) is 0 Å². The third-order valence-electron chi connectivity index (χ3n) is 4.51. The van der Waals surface area contributed by atoms with Gasteiger partial charge in [-0.15, -0.1) is 0 Å². The van der Waals surface area contributed by atoms with Gasteiger partial charge in [0.2, 0.25) is 0 Å². The minimum absolute atomic E-state index is 0.0174. The smallest absolute Gasteiger partial charge is 0.0628 e. The van der Waals surface area contributed by atoms with Gasteiger partial charge in [-0.3, -0.25) is 0 Å². The van der Waals surface area contributed by atoms with Crippen LogP contribution in [0.5, 0.6) is 0 Å². The van der Waals surface area contributed by atoms with Crippen LogP contribution >= 0.6 is 0 Å². The Hall–Kier alpha value is -0.0800. The van der Waals surface area contributed by atoms with E-state index in [4.69, 9.17) is 0 Å². The molecule has 2 heteroatoms. The number of hydrogen-bond donors (Lipinski definition) is 1. The van der Waals surface area contributed by atoms with Gasteiger partial charge in [0.1, 0.15) is 0 Å². The zero-order chi connectivity index (χ0) is 10.3. The van der Waals surface area contributed by atoms with Crippen LogP contribution in [0.25, 0.3) is 0 Å². The zero-order valence-electron chi connectivity index (χ0n) is 9.66. The summed E-state index contributed by atoms with van der Waals surface area (Å²) in [7, 11) is 2.18. The molecule has 0 aromatic heterocycles. The quantitative estimate of drug-likeness (QED) is 0.692. The molecule has 1 aliphatic heterocycles. The highest BCUT2D eigenvalue weighted by atomic mass is 16.3. The van der Waals surface area contributed by atoms with Crippen LogP contribution in [-0.2, 0) is 0 Å². The largest absolute Gasteiger partial charge is 0.392 e. The molecule has 1 aliphatic carbocycles. The molecule has 2 atom stereocenters. The standard InChI is InChI=1S/C12H23NO/c1-9(2)10-8-12(11(10)14)4-6-13(3)7-5-12/h9-11,14H,4-8H2,1-3H3. The van der Waals surface area contributed by atoms with Gasteiger partial charge < -0.3 is 10.0 Å². The second-order valence-corrected chi connectivity index (χ2v) is 5.72. The Morgan fingerprint density at radius 2 is 1.86 bits per heavy atom. The number of aliphatic hydroxyl groups excluding tert-OH is 1. The molecule has 1 N–H and O–H groups in total. The Bertz CT molecular complexity index is 206. The Morgan fingerprint density at radius 1 is 1.29 bits per heavy atom. The van der Waals surface area contributed by atoms with E-state index in [0.29, 0.717) is 17.3 Å². The normalized spacial score (nSPS) is 37.5. The Labute approximate surface area is 87.3 Å². The molecular weight excluding hydrogens is 174 g/mol. The van der Waals surface area contributed by atoms with Crippen LogP contribution in [0.3, 0.4) is 0 Å². The molecule has 14 heavy (non-hydrogen) atoms. The maximum atomic E-state index is 10.2. The average Bonchev–Trinajstić information content (AvgIpc) is 2.15. The van der Waals surface area contributed by atoms with Crippen LogP contribution < -0.4 is 0 Å². The van der Waals surface area contributed by atoms with Crippen molar-refractivity contribution in [2.45, 2.75) is 39.2 Å². The molecule has 0 bridgehead atoms. The molecule has 0 radical (unpaired) electrons. The van der Waals surface area contributed by atoms with Crippen LogP contribution in [0, 0.1) is 17.3 Å². The van der Waals surface area contributed by atoms with E-state index in [9.17, 15) is 5.11 Å². The van der Waals surface area contributed by atoms with E-state index < -0.39 is 0 Å². The summed E-state index contributed by atoms with van der Waals surface area (Å²) in [4.78, 5) is 2.38. The fraction of sp³-hybridized carbons (Fsp3) is 1.00. The molecule has 2 fully saturated rings. The molecule has 1 saturated carbocycles. The van der Waals surface area contributed by atoms with Crippen LogP contribution in [0.1, 0.15) is 33.1 Å². The minimum atomic E-state index is -0.0174. The predicted molar refractivity (Wildman–Crippen MR) is 58.1 cm³/mol. The van der Waals surface area contributed by atoms with Crippen molar-refractivity contribution < 1.29 is 5.11 Å². The van der Waals surface area contributed by atoms with Crippen molar-refractivity contribution >= 4 is 0 Å². The first kappa shape index (κ1) is 10.4. The fourth-order valence-corrected chi connectivity index (χ4v) is 3.16. The topological polar surface area (TPSA) is 23.5 Å². The third kappa shape index (κ3) is 1.49. The molecule has 2 nitrogen and oxygen atoms in total. The molecule has 0 aromatic rings. The fourth-order valence-electron chi connectivity index (χ4n) is 3.16. The summed E-state index contributed by atoms with van der Waals surface area (Å²) in [5.41, 5.74) is 0.307. The van der Waals surface area contributed by atoms with Crippen molar-refractivity contribution in [3.63, 3.8) is 0 Å². The summed E-state index contributed by atoms with van der Waals surface area (Å²) in [6.07, 6.45) is 3.65. The van der Waals surface area contributed by atoms with E-state index in [-0.39, 0.29) is 6.10 Å². The maximum Gasteiger partial charge on any atom is 0.0628 e. The Balaban J connectivity index is 1.95. The molecule has 2 unspecified atom stereocenters. The van der Waals surface area contributed by atoms with Gasteiger partial charge in [0.15, 0.2) is 0 Å². The lowest BCUT2D eigenvalue weighted by Crippen LogP contribution is -2.58. The van der Waals surface area contributed by atoms with Gasteiger partial charge in [0.25, 0.3) is 0 Å². The molecule has 1 heterocycles. The SMILES string of the molecule is CC(C)C1CC2(CCN(C)CC2)C1O. The van der Waals surface area contributed by atoms with E-state index in [1.807, 2.05) is 0 Å². The number of hydrogen-bond acceptors (Lipinski definition) is 2. The van der Waals surface area contributed by atoms with Crippen molar-refractivity contribution in [2.75, 3.05) is 20.1 Å². The van der Waals surface area contributed by atoms with Crippen molar-refractivity contribution in [1.29, 1.82) is 0 Å². The van der Waals surface area contributed by atoms with Crippen molar-refractivity contribution in [3.05, 3.63) is 0 Å². The molecule has 1 spiro atoms. The van der Waals surface area contributed by atoms with Gasteiger partial charge in [0, 0.05) is 0 Å². The van der Waals surface area contributed by atoms with Crippen LogP contribution in [-0.4, -0.2) is 36.2 Å². The Morgan fingerprint density at radius 3 is 2.29 bits per heavy atom. The molecule has 0 aromatic carbocycles. The van der Waals surface area contributed by atoms with E-state index in [0.717, 1.165) is 0 Å². The van der Waals surface area contributed by atoms with Gasteiger partial charge in [-0.25, -0.2) is 0 Å². The number of rotatable bonds is 1. The summed E-state index contributed by atoms with van der Waals surface area (Å²) >= 11 is 0. The average molecular weight is 197 g/mol. The van der Waals surface area contributed by atoms with Crippen LogP contribution in [0.15, 0.2) is 0 Å². The highest BCUT2D eigenvalue weighted by Gasteiger charge is 2.54. The highest BCUT2D eigenvalue weighted by molar-refractivity contribution is 5.04. The molecule has 82 valence electrons. The third-order valence-corrected chi connectivity index (χ3v) is 4.51. The van der Waals surface area contributed by atoms with E-state index in [1.54, 1.807) is 0 Å². The van der Waals surface area contributed by atoms with Crippen molar-refractivity contribution in [2.24, 2.45) is 17.3 Å². The second kappa shape index (κ2) is 3.49. The first-order chi connectivity index (χ1) is 6.55. The van der Waals surface area contributed by atoms with Gasteiger partial charge >= 0.3 is 0 Å². The lowest BCUT2D eigenvalue weighted by atomic mass is 9.53. The molecule has 2 aliphatic rings. The number of piperidine rings is 1. The van der Waals surface area contributed by atoms with E-state index in [2.05, 4.69) is 25.8 Å². The summed E-state index contributed by atoms with van der Waals surface area (Å²) in [6, 6.07) is 0. The van der Waals surface area contributed by atoms with Gasteiger partial charge in [-0.05, 0) is 56.7 Å². The zero-order valence-corrected chi connectivity index (χ0v) is 9.66. The molecule has 2 rings (SSSR count). The Kier molecular flexibility index (Phi) is 2.61. The van der Waals surface area contributed by atoms with E-state index in [1.165, 1.54) is 32.4 Å². The van der Waals surface area contributed by atoms with Gasteiger partial charge in [-0.1, -0.05) is 13.8 Å². The number of likely N-dealkylation sites (tertiary alicyclic amines) is 1. The molecule has 0 amide bonds. The van der Waals surface area contributed by atoms with E-state index >= 15 is 0 Å². The monoisotopic (exact) mass is 197 g/mol. The first-order valence-electron chi connectivity index (χ1n) is 5.92. The molecular formula is C12H23NO. The first-order valence-corrected chi connectivity index (χ1v) is 5.92. The lowest BCUT2D eigenvalue weighted by Gasteiger charge is -2.57. The summed E-state index contributed by atoms with van der Waals surface area (Å²) in [5.74, 6) is 1.22. The summed E-state index contributed by atoms with van der Waals surface area (Å²) in [6.45, 7) is 6.80. The van der Waals surface area contributed by atoms with Crippen LogP contribution in [0.2, 0.25) is 0 Å². The predicted octanol–water partition coefficient (Wildman–Crippen LogP) is 1.74. The molecule has 1 saturated heterocycles. The number of nitrogens with zero attached hydrogens (tertiary/aromatic N) is 1. The maximum absolute atomic E-state index is 10.2. The van der Waals surface area contributed by atoms with Crippen molar-refractivity contribution in [3.8, 4) is 0 Å². The van der Waals surface area contributed by atoms with Gasteiger partial charge in [0.05, 0.1) is 6.10 Å². The minimum Gasteiger partial charge on any atom is -0.392 e. The van der Waals surface area contributed by atoms with Crippen molar-refractivity contribution in [1.82, 2.24) is 4.90 Å². The number of aliphatic hydroxyl groups is 1. The summed E-state index contributed by atoms with van der Waals surface area (Å²) in [5, 5.41) is 10.2. The lowest BCUT2D eigenvalue weighted by molar-refractivity contribution is -0.159. The summed E-state index contributed by atoms with van der Waals surface area (Å²) < 4.78 is 0.